The molecule has 0 saturated carbocycles. The molecule has 1 unspecified atom stereocenters. The van der Waals surface area contributed by atoms with Crippen LogP contribution in [-0.4, -0.2) is 82.2 Å². The number of imide groups is 2. The monoisotopic (exact) mass is 823 g/mol. The Morgan fingerprint density at radius 1 is 0.883 bits per heavy atom. The minimum absolute atomic E-state index is 0.0952. The Kier molecular flexibility index (Phi) is 11.7. The van der Waals surface area contributed by atoms with Crippen LogP contribution in [0.4, 0.5) is 11.4 Å². The molecule has 1 aromatic heterocycles. The van der Waals surface area contributed by atoms with Gasteiger partial charge in [0.15, 0.2) is 5.69 Å². The fraction of sp³-hybridized carbons (Fsp3) is 0.383. The summed E-state index contributed by atoms with van der Waals surface area (Å²) in [4.78, 5) is 68.9. The summed E-state index contributed by atoms with van der Waals surface area (Å²) < 4.78 is 6.07. The van der Waals surface area contributed by atoms with Gasteiger partial charge in [0, 0.05) is 54.3 Å². The highest BCUT2D eigenvalue weighted by molar-refractivity contribution is 6.31. The van der Waals surface area contributed by atoms with Gasteiger partial charge >= 0.3 is 0 Å². The number of ether oxygens (including phenoxy) is 1. The predicted octanol–water partition coefficient (Wildman–Crippen LogP) is 6.97. The molecule has 4 aliphatic rings. The minimum Gasteiger partial charge on any atom is -0.487 e. The molecule has 306 valence electrons. The van der Waals surface area contributed by atoms with Crippen molar-refractivity contribution in [1.29, 1.82) is 0 Å². The first-order valence-electron chi connectivity index (χ1n) is 20.5. The molecule has 0 radical (unpaired) electrons. The first-order chi connectivity index (χ1) is 28.9. The minimum atomic E-state index is -0.968. The van der Waals surface area contributed by atoms with Crippen LogP contribution in [0.25, 0.3) is 4.85 Å². The largest absolute Gasteiger partial charge is 0.487 e. The highest BCUT2D eigenvalue weighted by Gasteiger charge is 2.45. The average molecular weight is 824 g/mol. The number of likely N-dealkylation sites (tertiary alicyclic amines) is 1. The van der Waals surface area contributed by atoms with Crippen molar-refractivity contribution in [2.75, 3.05) is 37.6 Å². The number of carbonyl (C=O) groups excluding carboxylic acids is 4. The highest BCUT2D eigenvalue weighted by atomic mass is 35.5. The predicted molar refractivity (Wildman–Crippen MR) is 227 cm³/mol. The first kappa shape index (κ1) is 40.7. The normalized spacial score (nSPS) is 19.1. The maximum Gasteiger partial charge on any atom is 0.262 e. The lowest BCUT2D eigenvalue weighted by molar-refractivity contribution is -0.136. The van der Waals surface area contributed by atoms with E-state index in [0.717, 1.165) is 91.6 Å². The van der Waals surface area contributed by atoms with Gasteiger partial charge in [-0.25, -0.2) is 14.8 Å². The number of benzene rings is 3. The van der Waals surface area contributed by atoms with Gasteiger partial charge in [-0.2, -0.15) is 0 Å². The summed E-state index contributed by atoms with van der Waals surface area (Å²) >= 11 is 6.30. The van der Waals surface area contributed by atoms with Crippen molar-refractivity contribution in [2.24, 2.45) is 11.8 Å². The molecular weight excluding hydrogens is 778 g/mol. The van der Waals surface area contributed by atoms with Crippen LogP contribution in [0, 0.1) is 30.2 Å². The van der Waals surface area contributed by atoms with Gasteiger partial charge in [-0.05, 0) is 117 Å². The van der Waals surface area contributed by atoms with Gasteiger partial charge in [0.25, 0.3) is 11.8 Å². The van der Waals surface area contributed by atoms with E-state index >= 15 is 0 Å². The van der Waals surface area contributed by atoms with E-state index in [1.165, 1.54) is 0 Å². The number of carbonyl (C=O) groups is 4. The number of nitrogens with zero attached hydrogens (tertiary/aromatic N) is 6. The lowest BCUT2D eigenvalue weighted by Crippen LogP contribution is -2.54. The number of halogens is 1. The molecule has 0 spiro atoms. The van der Waals surface area contributed by atoms with E-state index in [1.807, 2.05) is 48.5 Å². The van der Waals surface area contributed by atoms with Gasteiger partial charge < -0.3 is 14.5 Å². The number of aromatic nitrogens is 2. The number of amides is 4. The fourth-order valence-corrected chi connectivity index (χ4v) is 8.88. The van der Waals surface area contributed by atoms with Gasteiger partial charge in [0.05, 0.1) is 23.4 Å². The van der Waals surface area contributed by atoms with Crippen molar-refractivity contribution in [3.63, 3.8) is 0 Å². The van der Waals surface area contributed by atoms with Crippen molar-refractivity contribution in [1.82, 2.24) is 25.1 Å². The number of fused-ring (bicyclic) bond motifs is 1. The zero-order valence-corrected chi connectivity index (χ0v) is 34.5. The van der Waals surface area contributed by atoms with Crippen LogP contribution in [0.1, 0.15) is 95.7 Å². The SMILES string of the molecule is [C-]#[N+]c1cc(Cl)cc(C(C)(C)c2ccc(OCc3ccnc(C#CC4CCN(CC5CCN(c6ccc7c(c6)C(=O)N(C6CCC(=O)NC6=O)C7=O)CC5)CC4)n3)cc2)c1. The third kappa shape index (κ3) is 8.77. The second kappa shape index (κ2) is 17.3. The van der Waals surface area contributed by atoms with E-state index in [9.17, 15) is 19.2 Å². The summed E-state index contributed by atoms with van der Waals surface area (Å²) in [5.74, 6) is 6.76. The van der Waals surface area contributed by atoms with Crippen LogP contribution in [0.5, 0.6) is 5.75 Å². The van der Waals surface area contributed by atoms with Crippen LogP contribution in [0.3, 0.4) is 0 Å². The Bertz CT molecular complexity index is 2440. The Labute approximate surface area is 355 Å². The molecule has 3 fully saturated rings. The molecule has 3 saturated heterocycles. The summed E-state index contributed by atoms with van der Waals surface area (Å²) in [5.41, 5.74) is 4.49. The summed E-state index contributed by atoms with van der Waals surface area (Å²) in [5, 5.41) is 2.80. The number of anilines is 1. The van der Waals surface area contributed by atoms with E-state index in [-0.39, 0.29) is 30.1 Å². The van der Waals surface area contributed by atoms with E-state index in [0.29, 0.717) is 40.2 Å². The topological polar surface area (TPSA) is 129 Å². The van der Waals surface area contributed by atoms with E-state index in [1.54, 1.807) is 24.4 Å². The number of nitrogens with one attached hydrogen (secondary N) is 1. The molecule has 0 bridgehead atoms. The number of rotatable bonds is 9. The highest BCUT2D eigenvalue weighted by Crippen LogP contribution is 2.37. The summed E-state index contributed by atoms with van der Waals surface area (Å²) in [6, 6.07) is 19.7. The molecule has 4 amide bonds. The van der Waals surface area contributed by atoms with E-state index in [4.69, 9.17) is 22.9 Å². The van der Waals surface area contributed by atoms with Crippen molar-refractivity contribution in [3.8, 4) is 17.6 Å². The van der Waals surface area contributed by atoms with E-state index in [2.05, 4.69) is 55.6 Å². The second-order valence-electron chi connectivity index (χ2n) is 16.6. The Morgan fingerprint density at radius 3 is 2.37 bits per heavy atom. The number of hydrogen-bond donors (Lipinski definition) is 1. The Balaban J connectivity index is 0.779. The summed E-state index contributed by atoms with van der Waals surface area (Å²) in [6.45, 7) is 16.7. The van der Waals surface area contributed by atoms with Crippen molar-refractivity contribution in [2.45, 2.75) is 70.4 Å². The number of hydrogen-bond acceptors (Lipinski definition) is 9. The van der Waals surface area contributed by atoms with Crippen molar-refractivity contribution >= 4 is 46.6 Å². The summed E-state index contributed by atoms with van der Waals surface area (Å²) in [7, 11) is 0. The third-order valence-corrected chi connectivity index (χ3v) is 12.5. The van der Waals surface area contributed by atoms with Crippen LogP contribution in [0.15, 0.2) is 72.9 Å². The summed E-state index contributed by atoms with van der Waals surface area (Å²) in [6.07, 6.45) is 6.01. The van der Waals surface area contributed by atoms with E-state index < -0.39 is 23.8 Å². The molecule has 0 aliphatic carbocycles. The molecule has 1 N–H and O–H groups in total. The molecular formula is C47H46ClN7O5. The molecule has 13 heteroatoms. The molecule has 12 nitrogen and oxygen atoms in total. The maximum absolute atomic E-state index is 13.3. The van der Waals surface area contributed by atoms with Gasteiger partial charge in [-0.3, -0.25) is 29.4 Å². The molecule has 1 atom stereocenters. The smallest absolute Gasteiger partial charge is 0.262 e. The molecule has 4 aliphatic heterocycles. The van der Waals surface area contributed by atoms with Crippen LogP contribution in [-0.2, 0) is 21.6 Å². The Morgan fingerprint density at radius 2 is 1.63 bits per heavy atom. The first-order valence-corrected chi connectivity index (χ1v) is 20.9. The molecule has 4 aromatic rings. The maximum atomic E-state index is 13.3. The average Bonchev–Trinajstić information content (AvgIpc) is 3.50. The molecule has 3 aromatic carbocycles. The third-order valence-electron chi connectivity index (χ3n) is 12.3. The van der Waals surface area contributed by atoms with Crippen molar-refractivity contribution < 1.29 is 23.9 Å². The van der Waals surface area contributed by atoms with Gasteiger partial charge in [-0.15, -0.1) is 0 Å². The molecule has 8 rings (SSSR count). The Hall–Kier alpha value is -6.08. The second-order valence-corrected chi connectivity index (χ2v) is 17.0. The fourth-order valence-electron chi connectivity index (χ4n) is 8.65. The van der Waals surface area contributed by atoms with Crippen LogP contribution in [0.2, 0.25) is 5.02 Å². The lowest BCUT2D eigenvalue weighted by Gasteiger charge is -2.38. The zero-order valence-electron chi connectivity index (χ0n) is 33.7. The molecule has 5 heterocycles. The quantitative estimate of drug-likeness (QED) is 0.108. The van der Waals surface area contributed by atoms with Gasteiger partial charge in [0.2, 0.25) is 17.6 Å². The standard InChI is InChI=1S/C47H46ClN7O5/c1-47(2,33-24-34(48)26-36(25-33)49-3)32-5-8-38(9-6-32)60-29-35-14-19-50-42(51-35)12-4-30-15-20-53(21-16-30)28-31-17-22-54(23-18-31)37-7-10-39-40(27-37)46(59)55(45(39)58)41-11-13-43(56)52-44(41)57/h5-10,14,19,24-27,30-31,41H,11,13,15-18,20-23,28-29H2,1-2H3,(H,52,56,57). The van der Waals surface area contributed by atoms with Crippen LogP contribution >= 0.6 is 11.6 Å². The zero-order chi connectivity index (χ0) is 42.0. The number of piperidine rings is 3. The lowest BCUT2D eigenvalue weighted by atomic mass is 9.78. The van der Waals surface area contributed by atoms with Crippen molar-refractivity contribution in [3.05, 3.63) is 123 Å². The van der Waals surface area contributed by atoms with Gasteiger partial charge in [-0.1, -0.05) is 49.6 Å². The molecule has 60 heavy (non-hydrogen) atoms. The van der Waals surface area contributed by atoms with Crippen LogP contribution < -0.4 is 15.0 Å². The van der Waals surface area contributed by atoms with Gasteiger partial charge in [0.1, 0.15) is 18.4 Å².